The summed E-state index contributed by atoms with van der Waals surface area (Å²) in [6, 6.07) is 6.85. The average molecular weight is 267 g/mol. The average Bonchev–Trinajstić information content (AvgIpc) is 2.46. The molecule has 2 aromatic heterocycles. The van der Waals surface area contributed by atoms with E-state index in [0.29, 0.717) is 22.5 Å². The normalized spacial score (nSPS) is 10.7. The maximum Gasteiger partial charge on any atom is 0.190 e. The third kappa shape index (κ3) is 2.14. The zero-order chi connectivity index (χ0) is 14.1. The van der Waals surface area contributed by atoms with Gasteiger partial charge in [-0.15, -0.1) is 0 Å². The van der Waals surface area contributed by atoms with Crippen molar-refractivity contribution in [3.63, 3.8) is 0 Å². The molecule has 0 saturated heterocycles. The molecular formula is C15H13N3O2. The summed E-state index contributed by atoms with van der Waals surface area (Å²) in [5, 5.41) is 0.621. The van der Waals surface area contributed by atoms with Crippen molar-refractivity contribution in [1.82, 2.24) is 15.0 Å². The van der Waals surface area contributed by atoms with Crippen LogP contribution >= 0.6 is 0 Å². The predicted molar refractivity (Wildman–Crippen MR) is 76.9 cm³/mol. The van der Waals surface area contributed by atoms with Crippen LogP contribution in [-0.4, -0.2) is 22.1 Å². The third-order valence-corrected chi connectivity index (χ3v) is 3.07. The maximum atomic E-state index is 12.1. The number of hydrogen-bond donors (Lipinski definition) is 1. The van der Waals surface area contributed by atoms with Crippen LogP contribution in [0.5, 0.6) is 5.75 Å². The van der Waals surface area contributed by atoms with Crippen molar-refractivity contribution in [2.75, 3.05) is 7.11 Å². The molecule has 3 rings (SSSR count). The summed E-state index contributed by atoms with van der Waals surface area (Å²) >= 11 is 0. The lowest BCUT2D eigenvalue weighted by atomic mass is 10.1. The van der Waals surface area contributed by atoms with Crippen LogP contribution in [0.2, 0.25) is 0 Å². The molecule has 0 aliphatic carbocycles. The molecule has 1 N–H and O–H groups in total. The number of nitrogens with zero attached hydrogens (tertiary/aromatic N) is 2. The maximum absolute atomic E-state index is 12.1. The monoisotopic (exact) mass is 267 g/mol. The highest BCUT2D eigenvalue weighted by molar-refractivity contribution is 5.82. The topological polar surface area (TPSA) is 67.9 Å². The van der Waals surface area contributed by atoms with E-state index < -0.39 is 0 Å². The summed E-state index contributed by atoms with van der Waals surface area (Å²) < 4.78 is 5.18. The van der Waals surface area contributed by atoms with Crippen molar-refractivity contribution in [3.05, 3.63) is 52.6 Å². The van der Waals surface area contributed by atoms with Crippen LogP contribution in [0, 0.1) is 6.92 Å². The van der Waals surface area contributed by atoms with E-state index in [1.54, 1.807) is 37.7 Å². The number of aromatic nitrogens is 3. The molecule has 100 valence electrons. The fourth-order valence-electron chi connectivity index (χ4n) is 2.09. The number of rotatable bonds is 2. The van der Waals surface area contributed by atoms with Crippen molar-refractivity contribution in [2.24, 2.45) is 0 Å². The number of aryl methyl sites for hydroxylation is 1. The first kappa shape index (κ1) is 12.3. The van der Waals surface area contributed by atoms with Crippen LogP contribution in [0.15, 0.2) is 41.5 Å². The van der Waals surface area contributed by atoms with Gasteiger partial charge >= 0.3 is 0 Å². The first-order chi connectivity index (χ1) is 9.67. The number of pyridine rings is 1. The van der Waals surface area contributed by atoms with Gasteiger partial charge < -0.3 is 9.72 Å². The Morgan fingerprint density at radius 2 is 2.05 bits per heavy atom. The van der Waals surface area contributed by atoms with Gasteiger partial charge in [-0.1, -0.05) is 0 Å². The Hall–Kier alpha value is -2.69. The lowest BCUT2D eigenvalue weighted by Gasteiger charge is -2.06. The van der Waals surface area contributed by atoms with Gasteiger partial charge in [0.2, 0.25) is 0 Å². The second kappa shape index (κ2) is 4.77. The summed E-state index contributed by atoms with van der Waals surface area (Å²) in [5.41, 5.74) is 2.75. The summed E-state index contributed by atoms with van der Waals surface area (Å²) in [5.74, 6) is 0.695. The Balaban J connectivity index is 2.25. The molecule has 0 atom stereocenters. The largest absolute Gasteiger partial charge is 0.497 e. The first-order valence-electron chi connectivity index (χ1n) is 6.17. The van der Waals surface area contributed by atoms with Gasteiger partial charge in [-0.05, 0) is 19.1 Å². The van der Waals surface area contributed by atoms with E-state index >= 15 is 0 Å². The molecule has 0 radical (unpaired) electrons. The van der Waals surface area contributed by atoms with Gasteiger partial charge in [-0.25, -0.2) is 4.98 Å². The lowest BCUT2D eigenvalue weighted by Crippen LogP contribution is -2.04. The minimum Gasteiger partial charge on any atom is -0.497 e. The quantitative estimate of drug-likeness (QED) is 0.773. The number of nitrogens with one attached hydrogen (secondary N) is 1. The molecule has 0 amide bonds. The highest BCUT2D eigenvalue weighted by Gasteiger charge is 2.07. The van der Waals surface area contributed by atoms with E-state index in [1.807, 2.05) is 6.92 Å². The summed E-state index contributed by atoms with van der Waals surface area (Å²) in [7, 11) is 1.59. The van der Waals surface area contributed by atoms with Crippen LogP contribution in [-0.2, 0) is 0 Å². The van der Waals surface area contributed by atoms with Crippen molar-refractivity contribution < 1.29 is 4.74 Å². The lowest BCUT2D eigenvalue weighted by molar-refractivity contribution is 0.415. The molecule has 3 aromatic rings. The molecule has 0 spiro atoms. The number of H-pyrrole nitrogens is 1. The molecule has 0 aliphatic heterocycles. The van der Waals surface area contributed by atoms with Crippen LogP contribution in [0.4, 0.5) is 0 Å². The third-order valence-electron chi connectivity index (χ3n) is 3.07. The number of methoxy groups -OCH3 is 1. The molecular weight excluding hydrogens is 254 g/mol. The molecule has 0 bridgehead atoms. The van der Waals surface area contributed by atoms with Crippen molar-refractivity contribution in [1.29, 1.82) is 0 Å². The fourth-order valence-corrected chi connectivity index (χ4v) is 2.09. The smallest absolute Gasteiger partial charge is 0.190 e. The Morgan fingerprint density at radius 1 is 1.20 bits per heavy atom. The minimum atomic E-state index is -0.0558. The van der Waals surface area contributed by atoms with Crippen LogP contribution in [0.3, 0.4) is 0 Å². The molecule has 5 nitrogen and oxygen atoms in total. The number of fused-ring (bicyclic) bond motifs is 1. The Kier molecular flexibility index (Phi) is 2.95. The zero-order valence-corrected chi connectivity index (χ0v) is 11.2. The minimum absolute atomic E-state index is 0.0558. The molecule has 5 heteroatoms. The van der Waals surface area contributed by atoms with Gasteiger partial charge in [0.25, 0.3) is 0 Å². The standard InChI is InChI=1S/C15H13N3O2/c1-9-7-16-8-14(17-9)13-6-15(19)11-4-3-10(20-2)5-12(11)18-13/h3-8H,1-2H3,(H,18,19). The highest BCUT2D eigenvalue weighted by Crippen LogP contribution is 2.20. The van der Waals surface area contributed by atoms with Gasteiger partial charge in [0.05, 0.1) is 30.2 Å². The predicted octanol–water partition coefficient (Wildman–Crippen LogP) is 2.30. The molecule has 0 unspecified atom stereocenters. The van der Waals surface area contributed by atoms with E-state index in [4.69, 9.17) is 4.74 Å². The summed E-state index contributed by atoms with van der Waals surface area (Å²) in [4.78, 5) is 23.8. The van der Waals surface area contributed by atoms with Gasteiger partial charge in [0.1, 0.15) is 11.4 Å². The highest BCUT2D eigenvalue weighted by atomic mass is 16.5. The molecule has 2 heterocycles. The molecule has 0 fully saturated rings. The van der Waals surface area contributed by atoms with E-state index in [0.717, 1.165) is 11.2 Å². The Labute approximate surface area is 115 Å². The molecule has 0 aliphatic rings. The fraction of sp³-hybridized carbons (Fsp3) is 0.133. The van der Waals surface area contributed by atoms with Crippen LogP contribution in [0.25, 0.3) is 22.3 Å². The van der Waals surface area contributed by atoms with Gasteiger partial charge in [-0.2, -0.15) is 0 Å². The van der Waals surface area contributed by atoms with Gasteiger partial charge in [0.15, 0.2) is 5.43 Å². The molecule has 20 heavy (non-hydrogen) atoms. The number of ether oxygens (including phenoxy) is 1. The Morgan fingerprint density at radius 3 is 2.80 bits per heavy atom. The second-order valence-electron chi connectivity index (χ2n) is 4.50. The van der Waals surface area contributed by atoms with Crippen molar-refractivity contribution in [2.45, 2.75) is 6.92 Å². The van der Waals surface area contributed by atoms with E-state index in [-0.39, 0.29) is 5.43 Å². The number of benzene rings is 1. The van der Waals surface area contributed by atoms with Crippen molar-refractivity contribution in [3.8, 4) is 17.1 Å². The summed E-state index contributed by atoms with van der Waals surface area (Å²) in [6.45, 7) is 1.86. The molecule has 0 saturated carbocycles. The van der Waals surface area contributed by atoms with Gasteiger partial charge in [-0.3, -0.25) is 9.78 Å². The van der Waals surface area contributed by atoms with Crippen LogP contribution < -0.4 is 10.2 Å². The van der Waals surface area contributed by atoms with E-state index in [2.05, 4.69) is 15.0 Å². The molecule has 1 aromatic carbocycles. The number of aromatic amines is 1. The first-order valence-corrected chi connectivity index (χ1v) is 6.17. The SMILES string of the molecule is COc1ccc2c(=O)cc(-c3cncc(C)n3)[nH]c2c1. The van der Waals surface area contributed by atoms with Crippen LogP contribution in [0.1, 0.15) is 5.69 Å². The number of hydrogen-bond acceptors (Lipinski definition) is 4. The van der Waals surface area contributed by atoms with E-state index in [9.17, 15) is 4.79 Å². The van der Waals surface area contributed by atoms with Gasteiger partial charge in [0, 0.05) is 23.7 Å². The zero-order valence-electron chi connectivity index (χ0n) is 11.2. The van der Waals surface area contributed by atoms with E-state index in [1.165, 1.54) is 6.07 Å². The van der Waals surface area contributed by atoms with Crippen molar-refractivity contribution >= 4 is 10.9 Å². The summed E-state index contributed by atoms with van der Waals surface area (Å²) in [6.07, 6.45) is 3.30. The second-order valence-corrected chi connectivity index (χ2v) is 4.50. The Bertz CT molecular complexity index is 840.